The Balaban J connectivity index is 2.46. The fourth-order valence-corrected chi connectivity index (χ4v) is 2.49. The summed E-state index contributed by atoms with van der Waals surface area (Å²) in [6, 6.07) is 7.24. The van der Waals surface area contributed by atoms with Gasteiger partial charge in [-0.25, -0.2) is 0 Å². The van der Waals surface area contributed by atoms with Crippen LogP contribution in [0, 0.1) is 0 Å². The van der Waals surface area contributed by atoms with E-state index in [0.717, 1.165) is 5.56 Å². The van der Waals surface area contributed by atoms with Crippen molar-refractivity contribution in [3.05, 3.63) is 39.5 Å². The molecule has 1 aromatic heterocycles. The van der Waals surface area contributed by atoms with E-state index in [2.05, 4.69) is 21.0 Å². The number of aliphatic carboxylic acids is 1. The summed E-state index contributed by atoms with van der Waals surface area (Å²) in [6.45, 7) is 0. The van der Waals surface area contributed by atoms with Crippen LogP contribution in [0.25, 0.3) is 11.3 Å². The summed E-state index contributed by atoms with van der Waals surface area (Å²) in [5.41, 5.74) is 2.23. The molecule has 0 atom stereocenters. The van der Waals surface area contributed by atoms with Crippen molar-refractivity contribution in [3.63, 3.8) is 0 Å². The Labute approximate surface area is 117 Å². The number of carboxylic acids is 1. The summed E-state index contributed by atoms with van der Waals surface area (Å²) in [7, 11) is 1.72. The molecule has 94 valence electrons. The first-order chi connectivity index (χ1) is 8.49. The molecule has 6 heteroatoms. The average Bonchev–Trinajstić information content (AvgIpc) is 2.58. The lowest BCUT2D eigenvalue weighted by atomic mass is 10.1. The number of carbonyl (C=O) groups is 1. The minimum atomic E-state index is -0.888. The van der Waals surface area contributed by atoms with Gasteiger partial charge in [-0.05, 0) is 28.1 Å². The molecular formula is C12H10BrClN2O2. The number of hydrogen-bond acceptors (Lipinski definition) is 2. The molecule has 0 aliphatic rings. The lowest BCUT2D eigenvalue weighted by Gasteiger charge is -1.98. The highest BCUT2D eigenvalue weighted by atomic mass is 79.9. The summed E-state index contributed by atoms with van der Waals surface area (Å²) in [4.78, 5) is 10.8. The highest BCUT2D eigenvalue weighted by Gasteiger charge is 2.17. The van der Waals surface area contributed by atoms with Crippen molar-refractivity contribution in [3.8, 4) is 11.3 Å². The van der Waals surface area contributed by atoms with Crippen molar-refractivity contribution in [2.24, 2.45) is 7.05 Å². The number of aromatic nitrogens is 2. The summed E-state index contributed by atoms with van der Waals surface area (Å²) < 4.78 is 2.28. The number of carboxylic acid groups (broad SMARTS) is 1. The molecule has 0 radical (unpaired) electrons. The lowest BCUT2D eigenvalue weighted by Crippen LogP contribution is -2.06. The molecule has 0 amide bonds. The molecule has 0 unspecified atom stereocenters. The Morgan fingerprint density at radius 1 is 1.44 bits per heavy atom. The number of aryl methyl sites for hydroxylation is 1. The van der Waals surface area contributed by atoms with Crippen LogP contribution >= 0.6 is 27.5 Å². The van der Waals surface area contributed by atoms with Crippen LogP contribution in [0.4, 0.5) is 0 Å². The monoisotopic (exact) mass is 328 g/mol. The van der Waals surface area contributed by atoms with Gasteiger partial charge in [-0.3, -0.25) is 9.48 Å². The van der Waals surface area contributed by atoms with Crippen LogP contribution in [0.15, 0.2) is 28.7 Å². The first-order valence-corrected chi connectivity index (χ1v) is 6.35. The molecule has 2 rings (SSSR count). The molecular weight excluding hydrogens is 320 g/mol. The minimum Gasteiger partial charge on any atom is -0.481 e. The number of nitrogens with zero attached hydrogens (tertiary/aromatic N) is 2. The van der Waals surface area contributed by atoms with E-state index in [4.69, 9.17) is 16.7 Å². The Hall–Kier alpha value is -1.33. The maximum Gasteiger partial charge on any atom is 0.309 e. The predicted octanol–water partition coefficient (Wildman–Crippen LogP) is 3.13. The molecule has 0 aliphatic heterocycles. The summed E-state index contributed by atoms with van der Waals surface area (Å²) in [6.07, 6.45) is -0.0718. The van der Waals surface area contributed by atoms with Crippen LogP contribution in [-0.4, -0.2) is 20.9 Å². The third-order valence-electron chi connectivity index (χ3n) is 2.54. The van der Waals surface area contributed by atoms with Crippen molar-refractivity contribution < 1.29 is 9.90 Å². The molecule has 0 saturated heterocycles. The van der Waals surface area contributed by atoms with Gasteiger partial charge in [0, 0.05) is 17.6 Å². The maximum absolute atomic E-state index is 10.8. The van der Waals surface area contributed by atoms with Gasteiger partial charge in [-0.15, -0.1) is 0 Å². The molecule has 0 saturated carbocycles. The second-order valence-corrected chi connectivity index (χ2v) is 5.04. The normalized spacial score (nSPS) is 10.6. The van der Waals surface area contributed by atoms with Crippen molar-refractivity contribution in [2.45, 2.75) is 6.42 Å². The van der Waals surface area contributed by atoms with Crippen molar-refractivity contribution in [1.82, 2.24) is 9.78 Å². The van der Waals surface area contributed by atoms with E-state index in [0.29, 0.717) is 20.9 Å². The number of hydrogen-bond donors (Lipinski definition) is 1. The highest BCUT2D eigenvalue weighted by molar-refractivity contribution is 9.10. The fraction of sp³-hybridized carbons (Fsp3) is 0.167. The van der Waals surface area contributed by atoms with Crippen LogP contribution in [0.5, 0.6) is 0 Å². The van der Waals surface area contributed by atoms with E-state index in [1.807, 2.05) is 12.1 Å². The Morgan fingerprint density at radius 3 is 2.61 bits per heavy atom. The van der Waals surface area contributed by atoms with Crippen LogP contribution in [0.1, 0.15) is 5.69 Å². The molecule has 4 nitrogen and oxygen atoms in total. The quantitative estimate of drug-likeness (QED) is 0.941. The molecule has 1 heterocycles. The number of halogens is 2. The van der Waals surface area contributed by atoms with E-state index < -0.39 is 5.97 Å². The van der Waals surface area contributed by atoms with Gasteiger partial charge in [-0.1, -0.05) is 23.7 Å². The van der Waals surface area contributed by atoms with Crippen molar-refractivity contribution >= 4 is 33.5 Å². The summed E-state index contributed by atoms with van der Waals surface area (Å²) >= 11 is 9.24. The number of rotatable bonds is 3. The van der Waals surface area contributed by atoms with Gasteiger partial charge in [-0.2, -0.15) is 5.10 Å². The Morgan fingerprint density at radius 2 is 2.06 bits per heavy atom. The smallest absolute Gasteiger partial charge is 0.309 e. The largest absolute Gasteiger partial charge is 0.481 e. The summed E-state index contributed by atoms with van der Waals surface area (Å²) in [5, 5.41) is 13.8. The van der Waals surface area contributed by atoms with Gasteiger partial charge >= 0.3 is 5.97 Å². The van der Waals surface area contributed by atoms with Crippen LogP contribution in [-0.2, 0) is 18.3 Å². The molecule has 1 aromatic carbocycles. The maximum atomic E-state index is 10.8. The lowest BCUT2D eigenvalue weighted by molar-refractivity contribution is -0.136. The van der Waals surface area contributed by atoms with E-state index >= 15 is 0 Å². The fourth-order valence-electron chi connectivity index (χ4n) is 1.66. The van der Waals surface area contributed by atoms with Crippen molar-refractivity contribution in [1.29, 1.82) is 0 Å². The van der Waals surface area contributed by atoms with Crippen molar-refractivity contribution in [2.75, 3.05) is 0 Å². The van der Waals surface area contributed by atoms with Gasteiger partial charge in [0.05, 0.1) is 16.6 Å². The van der Waals surface area contributed by atoms with E-state index in [1.165, 1.54) is 0 Å². The molecule has 0 spiro atoms. The zero-order valence-electron chi connectivity index (χ0n) is 9.52. The van der Waals surface area contributed by atoms with E-state index in [9.17, 15) is 4.79 Å². The van der Waals surface area contributed by atoms with Gasteiger partial charge in [0.25, 0.3) is 0 Å². The Bertz CT molecular complexity index is 593. The van der Waals surface area contributed by atoms with Gasteiger partial charge < -0.3 is 5.11 Å². The zero-order chi connectivity index (χ0) is 13.3. The van der Waals surface area contributed by atoms with E-state index in [1.54, 1.807) is 23.9 Å². The van der Waals surface area contributed by atoms with Gasteiger partial charge in [0.15, 0.2) is 0 Å². The predicted molar refractivity (Wildman–Crippen MR) is 72.7 cm³/mol. The molecule has 0 fully saturated rings. The minimum absolute atomic E-state index is 0.0718. The first kappa shape index (κ1) is 13.1. The molecule has 0 aliphatic carbocycles. The number of benzene rings is 1. The second-order valence-electron chi connectivity index (χ2n) is 3.81. The highest BCUT2D eigenvalue weighted by Crippen LogP contribution is 2.31. The summed E-state index contributed by atoms with van der Waals surface area (Å²) in [5.74, 6) is -0.888. The average molecular weight is 330 g/mol. The SMILES string of the molecule is Cn1nc(-c2ccc(Cl)cc2)c(Br)c1CC(=O)O. The van der Waals surface area contributed by atoms with E-state index in [-0.39, 0.29) is 6.42 Å². The molecule has 18 heavy (non-hydrogen) atoms. The molecule has 2 aromatic rings. The van der Waals surface area contributed by atoms with Crippen LogP contribution < -0.4 is 0 Å². The third-order valence-corrected chi connectivity index (χ3v) is 3.62. The Kier molecular flexibility index (Phi) is 3.73. The van der Waals surface area contributed by atoms with Gasteiger partial charge in [0.1, 0.15) is 5.69 Å². The molecule has 0 bridgehead atoms. The third kappa shape index (κ3) is 2.57. The zero-order valence-corrected chi connectivity index (χ0v) is 11.9. The van der Waals surface area contributed by atoms with Crippen LogP contribution in [0.3, 0.4) is 0 Å². The first-order valence-electron chi connectivity index (χ1n) is 5.18. The topological polar surface area (TPSA) is 55.1 Å². The second kappa shape index (κ2) is 5.12. The van der Waals surface area contributed by atoms with Crippen LogP contribution in [0.2, 0.25) is 5.02 Å². The van der Waals surface area contributed by atoms with Gasteiger partial charge in [0.2, 0.25) is 0 Å². The molecule has 1 N–H and O–H groups in total. The standard InChI is InChI=1S/C12H10BrClN2O2/c1-16-9(6-10(17)18)11(13)12(15-16)7-2-4-8(14)5-3-7/h2-5H,6H2,1H3,(H,17,18).